The van der Waals surface area contributed by atoms with E-state index >= 15 is 0 Å². The van der Waals surface area contributed by atoms with Crippen LogP contribution in [-0.2, 0) is 14.3 Å². The van der Waals surface area contributed by atoms with E-state index in [1.807, 2.05) is 39.8 Å². The van der Waals surface area contributed by atoms with Crippen molar-refractivity contribution in [2.24, 2.45) is 0 Å². The maximum absolute atomic E-state index is 12.8. The Morgan fingerprint density at radius 1 is 1.21 bits per heavy atom. The number of aliphatic hydroxyl groups excluding tert-OH is 1. The van der Waals surface area contributed by atoms with E-state index in [2.05, 4.69) is 0 Å². The molecule has 29 heavy (non-hydrogen) atoms. The summed E-state index contributed by atoms with van der Waals surface area (Å²) in [5.41, 5.74) is 2.63. The largest absolute Gasteiger partial charge is 0.507 e. The van der Waals surface area contributed by atoms with Crippen molar-refractivity contribution in [1.29, 1.82) is 0 Å². The highest BCUT2D eigenvalue weighted by molar-refractivity contribution is 6.46. The van der Waals surface area contributed by atoms with E-state index in [4.69, 9.17) is 9.15 Å². The Morgan fingerprint density at radius 2 is 1.97 bits per heavy atom. The molecule has 1 aromatic heterocycles. The number of ether oxygens (including phenoxy) is 1. The molecule has 1 atom stereocenters. The summed E-state index contributed by atoms with van der Waals surface area (Å²) < 4.78 is 11.1. The molecule has 0 spiro atoms. The summed E-state index contributed by atoms with van der Waals surface area (Å²) >= 11 is 0. The van der Waals surface area contributed by atoms with Gasteiger partial charge in [-0.05, 0) is 63.4 Å². The highest BCUT2D eigenvalue weighted by atomic mass is 16.5. The third-order valence-electron chi connectivity index (χ3n) is 5.13. The molecule has 0 bridgehead atoms. The summed E-state index contributed by atoms with van der Waals surface area (Å²) in [7, 11) is 0. The van der Waals surface area contributed by atoms with Crippen LogP contribution in [-0.4, -0.2) is 41.0 Å². The number of aliphatic hydroxyl groups is 1. The molecule has 1 unspecified atom stereocenters. The average Bonchev–Trinajstić information content (AvgIpc) is 3.28. The van der Waals surface area contributed by atoms with Gasteiger partial charge in [-0.2, -0.15) is 0 Å². The Balaban J connectivity index is 1.99. The maximum atomic E-state index is 12.8. The van der Waals surface area contributed by atoms with E-state index in [0.717, 1.165) is 11.1 Å². The highest BCUT2D eigenvalue weighted by Gasteiger charge is 2.47. The van der Waals surface area contributed by atoms with Gasteiger partial charge in [-0.1, -0.05) is 12.1 Å². The lowest BCUT2D eigenvalue weighted by Crippen LogP contribution is -2.31. The number of likely N-dealkylation sites (tertiary alicyclic amines) is 1. The zero-order valence-electron chi connectivity index (χ0n) is 17.3. The first-order chi connectivity index (χ1) is 13.8. The van der Waals surface area contributed by atoms with Gasteiger partial charge >= 0.3 is 0 Å². The second kappa shape index (κ2) is 8.66. The molecule has 2 aromatic rings. The number of carbonyl (C=O) groups is 2. The van der Waals surface area contributed by atoms with Gasteiger partial charge in [0, 0.05) is 18.7 Å². The van der Waals surface area contributed by atoms with E-state index in [9.17, 15) is 14.7 Å². The summed E-state index contributed by atoms with van der Waals surface area (Å²) in [5, 5.41) is 11.0. The van der Waals surface area contributed by atoms with E-state index in [0.29, 0.717) is 30.9 Å². The van der Waals surface area contributed by atoms with Crippen molar-refractivity contribution in [3.8, 4) is 0 Å². The van der Waals surface area contributed by atoms with Crippen molar-refractivity contribution >= 4 is 17.4 Å². The Hall–Kier alpha value is -2.86. The molecule has 1 aliphatic rings. The quantitative estimate of drug-likeness (QED) is 0.329. The van der Waals surface area contributed by atoms with Crippen LogP contribution in [0.15, 0.2) is 46.6 Å². The number of Topliss-reactive ketones (excluding diaryl/α,β-unsaturated/α-hetero) is 1. The summed E-state index contributed by atoms with van der Waals surface area (Å²) in [5.74, 6) is -1.08. The molecule has 1 amide bonds. The van der Waals surface area contributed by atoms with Crippen molar-refractivity contribution in [2.75, 3.05) is 13.2 Å². The molecule has 1 aliphatic heterocycles. The van der Waals surface area contributed by atoms with E-state index in [-0.39, 0.29) is 17.4 Å². The first-order valence-electron chi connectivity index (χ1n) is 9.82. The number of amides is 1. The number of hydrogen-bond acceptors (Lipinski definition) is 5. The molecule has 6 heteroatoms. The smallest absolute Gasteiger partial charge is 0.295 e. The topological polar surface area (TPSA) is 80.0 Å². The standard InChI is InChI=1S/C23H27NO5/c1-14(2)28-12-6-10-24-20(18-7-5-11-29-18)19(22(26)23(24)27)21(25)17-9-8-15(3)16(4)13-17/h5,7-9,11,13-14,20,25H,6,10,12H2,1-4H3/b21-19-. The van der Waals surface area contributed by atoms with Crippen molar-refractivity contribution in [1.82, 2.24) is 4.90 Å². The molecular formula is C23H27NO5. The van der Waals surface area contributed by atoms with Crippen LogP contribution in [0.4, 0.5) is 0 Å². The Kier molecular flexibility index (Phi) is 6.23. The molecule has 0 saturated carbocycles. The van der Waals surface area contributed by atoms with Crippen LogP contribution < -0.4 is 0 Å². The van der Waals surface area contributed by atoms with Gasteiger partial charge in [0.1, 0.15) is 17.6 Å². The zero-order valence-corrected chi connectivity index (χ0v) is 17.3. The summed E-state index contributed by atoms with van der Waals surface area (Å²) in [6.45, 7) is 8.59. The summed E-state index contributed by atoms with van der Waals surface area (Å²) in [6, 6.07) is 8.10. The lowest BCUT2D eigenvalue weighted by molar-refractivity contribution is -0.140. The van der Waals surface area contributed by atoms with E-state index < -0.39 is 17.7 Å². The van der Waals surface area contributed by atoms with Gasteiger partial charge in [0.25, 0.3) is 11.7 Å². The Labute approximate surface area is 170 Å². The number of furan rings is 1. The predicted molar refractivity (Wildman–Crippen MR) is 109 cm³/mol. The highest BCUT2D eigenvalue weighted by Crippen LogP contribution is 2.39. The van der Waals surface area contributed by atoms with Crippen molar-refractivity contribution in [3.05, 3.63) is 64.6 Å². The van der Waals surface area contributed by atoms with Gasteiger partial charge < -0.3 is 19.2 Å². The molecule has 2 heterocycles. The van der Waals surface area contributed by atoms with E-state index in [1.165, 1.54) is 11.2 Å². The molecule has 0 radical (unpaired) electrons. The van der Waals surface area contributed by atoms with Crippen LogP contribution in [0.2, 0.25) is 0 Å². The van der Waals surface area contributed by atoms with Gasteiger partial charge in [0.05, 0.1) is 17.9 Å². The van der Waals surface area contributed by atoms with Gasteiger partial charge in [-0.3, -0.25) is 9.59 Å². The monoisotopic (exact) mass is 397 g/mol. The fourth-order valence-electron chi connectivity index (χ4n) is 3.45. The first-order valence-corrected chi connectivity index (χ1v) is 9.82. The SMILES string of the molecule is Cc1ccc(/C(O)=C2/C(=O)C(=O)N(CCCOC(C)C)C2c2ccco2)cc1C. The Morgan fingerprint density at radius 3 is 2.59 bits per heavy atom. The van der Waals surface area contributed by atoms with Crippen LogP contribution in [0.5, 0.6) is 0 Å². The van der Waals surface area contributed by atoms with Crippen LogP contribution >= 0.6 is 0 Å². The fourth-order valence-corrected chi connectivity index (χ4v) is 3.45. The number of aryl methyl sites for hydroxylation is 2. The van der Waals surface area contributed by atoms with Crippen molar-refractivity contribution in [2.45, 2.75) is 46.3 Å². The number of rotatable bonds is 7. The molecule has 1 saturated heterocycles. The Bertz CT molecular complexity index is 927. The number of hydrogen-bond donors (Lipinski definition) is 1. The van der Waals surface area contributed by atoms with Gasteiger partial charge in [-0.25, -0.2) is 0 Å². The maximum Gasteiger partial charge on any atom is 0.295 e. The molecule has 6 nitrogen and oxygen atoms in total. The van der Waals surface area contributed by atoms with Crippen molar-refractivity contribution in [3.63, 3.8) is 0 Å². The summed E-state index contributed by atoms with van der Waals surface area (Å²) in [6.07, 6.45) is 2.16. The average molecular weight is 397 g/mol. The molecule has 154 valence electrons. The van der Waals surface area contributed by atoms with Crippen LogP contribution in [0.1, 0.15) is 48.8 Å². The minimum Gasteiger partial charge on any atom is -0.507 e. The number of nitrogens with zero attached hydrogens (tertiary/aromatic N) is 1. The molecular weight excluding hydrogens is 370 g/mol. The zero-order chi connectivity index (χ0) is 21.1. The fraction of sp³-hybridized carbons (Fsp3) is 0.391. The number of carbonyl (C=O) groups excluding carboxylic acids is 2. The number of ketones is 1. The minimum absolute atomic E-state index is 0.0537. The van der Waals surface area contributed by atoms with Gasteiger partial charge in [0.15, 0.2) is 0 Å². The molecule has 1 aromatic carbocycles. The minimum atomic E-state index is -0.759. The van der Waals surface area contributed by atoms with Crippen molar-refractivity contribution < 1.29 is 23.8 Å². The normalized spacial score (nSPS) is 18.8. The molecule has 0 aliphatic carbocycles. The number of benzene rings is 1. The molecule has 1 fully saturated rings. The van der Waals surface area contributed by atoms with E-state index in [1.54, 1.807) is 18.2 Å². The predicted octanol–water partition coefficient (Wildman–Crippen LogP) is 4.13. The lowest BCUT2D eigenvalue weighted by Gasteiger charge is -2.23. The molecule has 3 rings (SSSR count). The van der Waals surface area contributed by atoms with Crippen LogP contribution in [0, 0.1) is 13.8 Å². The van der Waals surface area contributed by atoms with Crippen LogP contribution in [0.3, 0.4) is 0 Å². The van der Waals surface area contributed by atoms with Gasteiger partial charge in [-0.15, -0.1) is 0 Å². The summed E-state index contributed by atoms with van der Waals surface area (Å²) in [4.78, 5) is 27.1. The second-order valence-electron chi connectivity index (χ2n) is 7.58. The third kappa shape index (κ3) is 4.27. The van der Waals surface area contributed by atoms with Gasteiger partial charge in [0.2, 0.25) is 0 Å². The first kappa shape index (κ1) is 20.9. The van der Waals surface area contributed by atoms with Crippen LogP contribution in [0.25, 0.3) is 5.76 Å². The second-order valence-corrected chi connectivity index (χ2v) is 7.58. The molecule has 1 N–H and O–H groups in total. The lowest BCUT2D eigenvalue weighted by atomic mass is 9.97. The third-order valence-corrected chi connectivity index (χ3v) is 5.13.